The molecule has 0 atom stereocenters. The molecule has 0 amide bonds. The van der Waals surface area contributed by atoms with Crippen LogP contribution in [-0.2, 0) is 17.8 Å². The number of para-hydroxylation sites is 1. The van der Waals surface area contributed by atoms with Gasteiger partial charge in [0.15, 0.2) is 5.56 Å². The lowest BCUT2D eigenvalue weighted by Crippen LogP contribution is -2.22. The van der Waals surface area contributed by atoms with Crippen molar-refractivity contribution in [2.75, 3.05) is 14.2 Å². The topological polar surface area (TPSA) is 122 Å². The first-order valence-corrected chi connectivity index (χ1v) is 11.4. The summed E-state index contributed by atoms with van der Waals surface area (Å²) in [6.45, 7) is 3.63. The number of benzene rings is 2. The summed E-state index contributed by atoms with van der Waals surface area (Å²) in [5.74, 6) is 0.495. The molecule has 0 aliphatic rings. The largest absolute Gasteiger partial charge is 0.494 e. The molecule has 2 heterocycles. The van der Waals surface area contributed by atoms with Gasteiger partial charge in [-0.2, -0.15) is 4.98 Å². The van der Waals surface area contributed by atoms with Crippen LogP contribution in [0, 0.1) is 0 Å². The molecule has 0 aliphatic carbocycles. The summed E-state index contributed by atoms with van der Waals surface area (Å²) in [4.78, 5) is 17.2. The summed E-state index contributed by atoms with van der Waals surface area (Å²) < 4.78 is 23.8. The number of nitrogens with zero attached hydrogens (tertiary/aromatic N) is 4. The number of methoxy groups -OCH3 is 2. The highest BCUT2D eigenvalue weighted by Gasteiger charge is 2.27. The fourth-order valence-electron chi connectivity index (χ4n) is 3.57. The maximum Gasteiger partial charge on any atom is 0.289 e. The zero-order chi connectivity index (χ0) is 25.8. The van der Waals surface area contributed by atoms with Crippen LogP contribution in [-0.4, -0.2) is 45.2 Å². The Morgan fingerprint density at radius 1 is 1.06 bits per heavy atom. The molecule has 36 heavy (non-hydrogen) atoms. The van der Waals surface area contributed by atoms with Crippen molar-refractivity contribution in [3.05, 3.63) is 75.1 Å². The number of hydrogen-bond donors (Lipinski definition) is 1. The van der Waals surface area contributed by atoms with E-state index in [0.29, 0.717) is 28.6 Å². The summed E-state index contributed by atoms with van der Waals surface area (Å²) in [5, 5.41) is 20.0. The second kappa shape index (κ2) is 10.8. The van der Waals surface area contributed by atoms with Crippen molar-refractivity contribution < 1.29 is 23.7 Å². The second-order valence-electron chi connectivity index (χ2n) is 8.04. The third-order valence-corrected chi connectivity index (χ3v) is 5.51. The third-order valence-electron chi connectivity index (χ3n) is 5.26. The molecule has 2 aromatic heterocycles. The van der Waals surface area contributed by atoms with Gasteiger partial charge < -0.3 is 23.7 Å². The lowest BCUT2D eigenvalue weighted by molar-refractivity contribution is 0.0594. The van der Waals surface area contributed by atoms with E-state index in [1.165, 1.54) is 18.8 Å². The van der Waals surface area contributed by atoms with Crippen LogP contribution >= 0.6 is 11.6 Å². The van der Waals surface area contributed by atoms with Gasteiger partial charge in [-0.3, -0.25) is 9.36 Å². The van der Waals surface area contributed by atoms with Crippen molar-refractivity contribution in [2.45, 2.75) is 33.0 Å². The fourth-order valence-corrected chi connectivity index (χ4v) is 3.69. The Hall–Kier alpha value is -3.89. The molecule has 0 fully saturated rings. The van der Waals surface area contributed by atoms with E-state index in [9.17, 15) is 9.90 Å². The fraction of sp³-hybridized carbons (Fsp3) is 0.280. The van der Waals surface area contributed by atoms with Gasteiger partial charge in [-0.1, -0.05) is 29.8 Å². The highest BCUT2D eigenvalue weighted by atomic mass is 35.5. The van der Waals surface area contributed by atoms with Crippen LogP contribution in [0.4, 0.5) is 0 Å². The van der Waals surface area contributed by atoms with E-state index in [-0.39, 0.29) is 35.9 Å². The minimum atomic E-state index is -0.748. The van der Waals surface area contributed by atoms with Gasteiger partial charge in [-0.15, -0.1) is 10.2 Å². The Morgan fingerprint density at radius 3 is 2.33 bits per heavy atom. The molecule has 0 aliphatic heterocycles. The lowest BCUT2D eigenvalue weighted by atomic mass is 10.1. The van der Waals surface area contributed by atoms with Crippen LogP contribution < -0.4 is 15.0 Å². The Kier molecular flexibility index (Phi) is 7.56. The average molecular weight is 513 g/mol. The maximum absolute atomic E-state index is 13.1. The van der Waals surface area contributed by atoms with E-state index < -0.39 is 11.4 Å². The molecule has 4 rings (SSSR count). The summed E-state index contributed by atoms with van der Waals surface area (Å²) in [5.41, 5.74) is 0.207. The van der Waals surface area contributed by atoms with E-state index in [2.05, 4.69) is 15.2 Å². The SMILES string of the molecule is COc1cccc(OC)c1-n1c(COC(C)C)nc(=O)c(-c2nnc(Cc3ccc(Cl)cc3)o2)c1O. The quantitative estimate of drug-likeness (QED) is 0.352. The van der Waals surface area contributed by atoms with Crippen LogP contribution in [0.2, 0.25) is 5.02 Å². The first-order valence-electron chi connectivity index (χ1n) is 11.1. The number of aromatic nitrogens is 4. The Balaban J connectivity index is 1.86. The van der Waals surface area contributed by atoms with E-state index in [1.54, 1.807) is 30.3 Å². The van der Waals surface area contributed by atoms with Crippen molar-refractivity contribution in [1.29, 1.82) is 0 Å². The second-order valence-corrected chi connectivity index (χ2v) is 8.48. The predicted octanol–water partition coefficient (Wildman–Crippen LogP) is 4.17. The van der Waals surface area contributed by atoms with E-state index >= 15 is 0 Å². The molecular formula is C25H25ClN4O6. The Bertz CT molecular complexity index is 1390. The minimum absolute atomic E-state index is 0.0619. The highest BCUT2D eigenvalue weighted by molar-refractivity contribution is 6.30. The summed E-state index contributed by atoms with van der Waals surface area (Å²) in [7, 11) is 2.97. The molecule has 1 N–H and O–H groups in total. The number of halogens is 1. The third kappa shape index (κ3) is 5.19. The molecule has 0 spiro atoms. The number of hydrogen-bond acceptors (Lipinski definition) is 9. The van der Waals surface area contributed by atoms with Crippen LogP contribution in [0.25, 0.3) is 17.1 Å². The highest BCUT2D eigenvalue weighted by Crippen LogP contribution is 2.38. The molecule has 2 aromatic carbocycles. The zero-order valence-electron chi connectivity index (χ0n) is 20.2. The van der Waals surface area contributed by atoms with Gasteiger partial charge in [0.25, 0.3) is 11.4 Å². The average Bonchev–Trinajstić information content (AvgIpc) is 3.31. The standard InChI is InChI=1S/C25H25ClN4O6/c1-14(2)35-13-19-27-23(31)21(24-29-28-20(36-24)12-15-8-10-16(26)11-9-15)25(32)30(19)22-17(33-3)6-5-7-18(22)34-4/h5-11,14,32H,12-13H2,1-4H3. The molecular weight excluding hydrogens is 488 g/mol. The number of rotatable bonds is 9. The molecule has 188 valence electrons. The normalized spacial score (nSPS) is 11.2. The molecule has 0 saturated carbocycles. The molecule has 0 radical (unpaired) electrons. The zero-order valence-corrected chi connectivity index (χ0v) is 20.9. The van der Waals surface area contributed by atoms with Gasteiger partial charge in [0, 0.05) is 5.02 Å². The monoisotopic (exact) mass is 512 g/mol. The van der Waals surface area contributed by atoms with Gasteiger partial charge in [0.05, 0.1) is 26.7 Å². The molecule has 0 saturated heterocycles. The van der Waals surface area contributed by atoms with Crippen LogP contribution in [0.15, 0.2) is 51.7 Å². The summed E-state index contributed by atoms with van der Waals surface area (Å²) in [6.07, 6.45) is 0.163. The minimum Gasteiger partial charge on any atom is -0.494 e. The van der Waals surface area contributed by atoms with Crippen molar-refractivity contribution in [2.24, 2.45) is 0 Å². The van der Waals surface area contributed by atoms with Gasteiger partial charge in [-0.05, 0) is 43.7 Å². The van der Waals surface area contributed by atoms with Crippen LogP contribution in [0.5, 0.6) is 17.4 Å². The molecule has 4 aromatic rings. The Labute approximate surface area is 212 Å². The van der Waals surface area contributed by atoms with Crippen molar-refractivity contribution >= 4 is 11.6 Å². The first kappa shape index (κ1) is 25.2. The molecule has 0 bridgehead atoms. The van der Waals surface area contributed by atoms with Gasteiger partial charge in [0.1, 0.15) is 29.6 Å². The lowest BCUT2D eigenvalue weighted by Gasteiger charge is -2.20. The van der Waals surface area contributed by atoms with E-state index in [4.69, 9.17) is 30.2 Å². The van der Waals surface area contributed by atoms with Crippen molar-refractivity contribution in [3.8, 4) is 34.5 Å². The van der Waals surface area contributed by atoms with Crippen molar-refractivity contribution in [1.82, 2.24) is 19.7 Å². The smallest absolute Gasteiger partial charge is 0.289 e. The van der Waals surface area contributed by atoms with Gasteiger partial charge in [-0.25, -0.2) is 0 Å². The molecule has 11 heteroatoms. The van der Waals surface area contributed by atoms with Gasteiger partial charge in [0.2, 0.25) is 11.8 Å². The summed E-state index contributed by atoms with van der Waals surface area (Å²) >= 11 is 5.94. The maximum atomic E-state index is 13.1. The predicted molar refractivity (Wildman–Crippen MR) is 132 cm³/mol. The van der Waals surface area contributed by atoms with Gasteiger partial charge >= 0.3 is 0 Å². The number of ether oxygens (including phenoxy) is 3. The molecule has 10 nitrogen and oxygen atoms in total. The first-order chi connectivity index (χ1) is 17.3. The number of aromatic hydroxyl groups is 1. The Morgan fingerprint density at radius 2 is 1.72 bits per heavy atom. The van der Waals surface area contributed by atoms with Crippen LogP contribution in [0.1, 0.15) is 31.1 Å². The molecule has 0 unspecified atom stereocenters. The van der Waals surface area contributed by atoms with E-state index in [1.807, 2.05) is 26.0 Å². The van der Waals surface area contributed by atoms with Crippen molar-refractivity contribution in [3.63, 3.8) is 0 Å². The summed E-state index contributed by atoms with van der Waals surface area (Å²) in [6, 6.07) is 12.3. The van der Waals surface area contributed by atoms with Crippen LogP contribution in [0.3, 0.4) is 0 Å². The van der Waals surface area contributed by atoms with E-state index in [0.717, 1.165) is 5.56 Å².